The summed E-state index contributed by atoms with van der Waals surface area (Å²) in [6.45, 7) is 0. The molecule has 0 saturated heterocycles. The third kappa shape index (κ3) is 4.39. The Kier molecular flexibility index (Phi) is 5.33. The van der Waals surface area contributed by atoms with E-state index >= 15 is 0 Å². The van der Waals surface area contributed by atoms with E-state index in [1.54, 1.807) is 36.4 Å². The highest BCUT2D eigenvalue weighted by Crippen LogP contribution is 2.21. The smallest absolute Gasteiger partial charge is 0.279 e. The van der Waals surface area contributed by atoms with Crippen molar-refractivity contribution in [3.8, 4) is 5.75 Å². The Bertz CT molecular complexity index is 1060. The number of hydrogen-bond donors (Lipinski definition) is 3. The van der Waals surface area contributed by atoms with Crippen molar-refractivity contribution in [3.63, 3.8) is 0 Å². The van der Waals surface area contributed by atoms with Gasteiger partial charge in [0.05, 0.1) is 18.9 Å². The molecule has 1 amide bonds. The zero-order valence-corrected chi connectivity index (χ0v) is 15.6. The summed E-state index contributed by atoms with van der Waals surface area (Å²) < 4.78 is 32.7. The monoisotopic (exact) mass is 406 g/mol. The van der Waals surface area contributed by atoms with E-state index in [4.69, 9.17) is 16.3 Å². The number of hydrogen-bond acceptors (Lipinski definition) is 5. The first-order valence-electron chi connectivity index (χ1n) is 7.66. The molecule has 0 aliphatic rings. The minimum absolute atomic E-state index is 0.126. The van der Waals surface area contributed by atoms with Gasteiger partial charge in [0, 0.05) is 22.5 Å². The number of H-pyrrole nitrogens is 1. The summed E-state index contributed by atoms with van der Waals surface area (Å²) in [5.41, 5.74) is 0.627. The van der Waals surface area contributed by atoms with E-state index in [2.05, 4.69) is 20.2 Å². The summed E-state index contributed by atoms with van der Waals surface area (Å²) >= 11 is 5.79. The van der Waals surface area contributed by atoms with Crippen LogP contribution in [0.15, 0.2) is 59.8 Å². The fourth-order valence-electron chi connectivity index (χ4n) is 2.26. The summed E-state index contributed by atoms with van der Waals surface area (Å²) in [5.74, 6) is -0.0780. The standard InChI is InChI=1S/C17H15ClN4O4S/c1-26-14-4-2-3-13(9-14)20-16(23)15-10-19-21-17(15)27(24,25)22-12-7-5-11(18)6-8-12/h2-10,22H,1H3,(H,19,21)(H,20,23). The third-order valence-electron chi connectivity index (χ3n) is 3.54. The Balaban J connectivity index is 1.83. The van der Waals surface area contributed by atoms with Crippen LogP contribution < -0.4 is 14.8 Å². The van der Waals surface area contributed by atoms with Crippen LogP contribution in [0.2, 0.25) is 5.02 Å². The van der Waals surface area contributed by atoms with Crippen LogP contribution in [0.5, 0.6) is 5.75 Å². The number of sulfonamides is 1. The number of nitrogens with one attached hydrogen (secondary N) is 3. The molecule has 3 aromatic rings. The quantitative estimate of drug-likeness (QED) is 0.582. The van der Waals surface area contributed by atoms with Crippen molar-refractivity contribution in [3.05, 3.63) is 65.3 Å². The number of carbonyl (C=O) groups is 1. The molecule has 2 aromatic carbocycles. The van der Waals surface area contributed by atoms with Gasteiger partial charge >= 0.3 is 0 Å². The molecule has 0 unspecified atom stereocenters. The maximum atomic E-state index is 12.6. The average Bonchev–Trinajstić information content (AvgIpc) is 3.15. The van der Waals surface area contributed by atoms with E-state index in [0.717, 1.165) is 6.20 Å². The lowest BCUT2D eigenvalue weighted by atomic mass is 10.2. The summed E-state index contributed by atoms with van der Waals surface area (Å²) in [6.07, 6.45) is 1.14. The number of halogens is 1. The predicted molar refractivity (Wildman–Crippen MR) is 102 cm³/mol. The number of rotatable bonds is 6. The van der Waals surface area contributed by atoms with Crippen LogP contribution in [0.3, 0.4) is 0 Å². The Morgan fingerprint density at radius 1 is 1.15 bits per heavy atom. The Labute approximate surface area is 160 Å². The first kappa shape index (κ1) is 18.7. The van der Waals surface area contributed by atoms with Crippen LogP contribution in [-0.4, -0.2) is 31.6 Å². The second-order valence-corrected chi connectivity index (χ2v) is 7.47. The first-order chi connectivity index (χ1) is 12.9. The highest BCUT2D eigenvalue weighted by molar-refractivity contribution is 7.92. The van der Waals surface area contributed by atoms with Gasteiger partial charge in [0.25, 0.3) is 15.9 Å². The van der Waals surface area contributed by atoms with Gasteiger partial charge in [-0.2, -0.15) is 13.5 Å². The molecule has 3 rings (SSSR count). The molecule has 10 heteroatoms. The van der Waals surface area contributed by atoms with Gasteiger partial charge in [-0.25, -0.2) is 0 Å². The summed E-state index contributed by atoms with van der Waals surface area (Å²) in [5, 5.41) is 8.78. The lowest BCUT2D eigenvalue weighted by Crippen LogP contribution is -2.19. The van der Waals surface area contributed by atoms with Crippen molar-refractivity contribution in [2.24, 2.45) is 0 Å². The molecule has 0 aliphatic heterocycles. The molecular weight excluding hydrogens is 392 g/mol. The molecule has 0 fully saturated rings. The Morgan fingerprint density at radius 2 is 1.89 bits per heavy atom. The molecule has 1 heterocycles. The van der Waals surface area contributed by atoms with E-state index in [9.17, 15) is 13.2 Å². The molecule has 0 aliphatic carbocycles. The van der Waals surface area contributed by atoms with Gasteiger partial charge in [-0.15, -0.1) is 0 Å². The van der Waals surface area contributed by atoms with Crippen molar-refractivity contribution in [1.82, 2.24) is 10.2 Å². The van der Waals surface area contributed by atoms with Crippen LogP contribution in [-0.2, 0) is 10.0 Å². The zero-order valence-electron chi connectivity index (χ0n) is 14.1. The maximum absolute atomic E-state index is 12.6. The fourth-order valence-corrected chi connectivity index (χ4v) is 3.55. The number of ether oxygens (including phenoxy) is 1. The minimum atomic E-state index is -4.06. The molecule has 0 spiro atoms. The predicted octanol–water partition coefficient (Wildman–Crippen LogP) is 3.12. The second kappa shape index (κ2) is 7.68. The summed E-state index contributed by atoms with van der Waals surface area (Å²) in [4.78, 5) is 12.5. The lowest BCUT2D eigenvalue weighted by molar-refractivity contribution is 0.102. The van der Waals surface area contributed by atoms with Crippen LogP contribution in [0.4, 0.5) is 11.4 Å². The van der Waals surface area contributed by atoms with Crippen molar-refractivity contribution in [1.29, 1.82) is 0 Å². The highest BCUT2D eigenvalue weighted by atomic mass is 35.5. The van der Waals surface area contributed by atoms with Crippen LogP contribution in [0, 0.1) is 0 Å². The van der Waals surface area contributed by atoms with Crippen molar-refractivity contribution < 1.29 is 17.9 Å². The van der Waals surface area contributed by atoms with Gasteiger partial charge in [-0.05, 0) is 36.4 Å². The largest absolute Gasteiger partial charge is 0.497 e. The normalized spacial score (nSPS) is 11.0. The van der Waals surface area contributed by atoms with Gasteiger partial charge in [-0.1, -0.05) is 17.7 Å². The molecule has 0 atom stereocenters. The molecule has 3 N–H and O–H groups in total. The number of nitrogens with zero attached hydrogens (tertiary/aromatic N) is 1. The van der Waals surface area contributed by atoms with Gasteiger partial charge in [0.1, 0.15) is 5.75 Å². The van der Waals surface area contributed by atoms with Crippen molar-refractivity contribution in [2.75, 3.05) is 17.1 Å². The van der Waals surface area contributed by atoms with Gasteiger partial charge < -0.3 is 10.1 Å². The van der Waals surface area contributed by atoms with E-state index < -0.39 is 15.9 Å². The topological polar surface area (TPSA) is 113 Å². The fraction of sp³-hybridized carbons (Fsp3) is 0.0588. The second-order valence-electron chi connectivity index (χ2n) is 5.41. The molecule has 8 nitrogen and oxygen atoms in total. The lowest BCUT2D eigenvalue weighted by Gasteiger charge is -2.09. The number of aromatic nitrogens is 2. The molecule has 0 radical (unpaired) electrons. The number of carbonyl (C=O) groups excluding carboxylic acids is 1. The molecule has 1 aromatic heterocycles. The molecule has 27 heavy (non-hydrogen) atoms. The van der Waals surface area contributed by atoms with Gasteiger partial charge in [0.15, 0.2) is 5.03 Å². The van der Waals surface area contributed by atoms with E-state index in [0.29, 0.717) is 22.1 Å². The van der Waals surface area contributed by atoms with Crippen LogP contribution in [0.1, 0.15) is 10.4 Å². The molecule has 0 saturated carbocycles. The number of benzene rings is 2. The third-order valence-corrected chi connectivity index (χ3v) is 5.15. The van der Waals surface area contributed by atoms with Crippen LogP contribution >= 0.6 is 11.6 Å². The number of aromatic amines is 1. The van der Waals surface area contributed by atoms with Gasteiger partial charge in [0.2, 0.25) is 0 Å². The Hall–Kier alpha value is -3.04. The highest BCUT2D eigenvalue weighted by Gasteiger charge is 2.25. The zero-order chi connectivity index (χ0) is 19.4. The average molecular weight is 407 g/mol. The molecular formula is C17H15ClN4O4S. The molecule has 140 valence electrons. The van der Waals surface area contributed by atoms with Crippen molar-refractivity contribution >= 4 is 38.9 Å². The first-order valence-corrected chi connectivity index (χ1v) is 9.52. The number of anilines is 2. The van der Waals surface area contributed by atoms with E-state index in [-0.39, 0.29) is 10.6 Å². The number of methoxy groups -OCH3 is 1. The minimum Gasteiger partial charge on any atom is -0.497 e. The van der Waals surface area contributed by atoms with Gasteiger partial charge in [-0.3, -0.25) is 14.6 Å². The van der Waals surface area contributed by atoms with E-state index in [1.165, 1.54) is 19.2 Å². The summed E-state index contributed by atoms with van der Waals surface area (Å²) in [7, 11) is -2.56. The number of amides is 1. The maximum Gasteiger partial charge on any atom is 0.279 e. The van der Waals surface area contributed by atoms with Crippen molar-refractivity contribution in [2.45, 2.75) is 5.03 Å². The Morgan fingerprint density at radius 3 is 2.59 bits per heavy atom. The molecule has 0 bridgehead atoms. The summed E-state index contributed by atoms with van der Waals surface area (Å²) in [6, 6.07) is 12.8. The van der Waals surface area contributed by atoms with E-state index in [1.807, 2.05) is 0 Å². The SMILES string of the molecule is COc1cccc(NC(=O)c2cn[nH]c2S(=O)(=O)Nc2ccc(Cl)cc2)c1. The van der Waals surface area contributed by atoms with Crippen LogP contribution in [0.25, 0.3) is 0 Å².